The quantitative estimate of drug-likeness (QED) is 0.786. The zero-order valence-corrected chi connectivity index (χ0v) is 12.6. The fourth-order valence-electron chi connectivity index (χ4n) is 3.49. The molecule has 118 valence electrons. The average Bonchev–Trinajstić information content (AvgIpc) is 3.07. The smallest absolute Gasteiger partial charge is 0.228 e. The molecule has 0 aromatic heterocycles. The van der Waals surface area contributed by atoms with Gasteiger partial charge >= 0.3 is 0 Å². The Bertz CT molecular complexity index is 396. The van der Waals surface area contributed by atoms with Crippen molar-refractivity contribution < 1.29 is 14.3 Å². The standard InChI is InChI=1S/C15H25N3O3/c19-14-9-12(10-16-14)15(20)18-5-2-4-17(6-7-18)11-13-3-1-8-21-13/h12-13H,1-11H2,(H,16,19). The largest absolute Gasteiger partial charge is 0.377 e. The molecule has 3 aliphatic rings. The summed E-state index contributed by atoms with van der Waals surface area (Å²) in [6, 6.07) is 0. The number of hydrogen-bond acceptors (Lipinski definition) is 4. The zero-order valence-electron chi connectivity index (χ0n) is 12.6. The number of hydrogen-bond donors (Lipinski definition) is 1. The summed E-state index contributed by atoms with van der Waals surface area (Å²) in [5, 5.41) is 2.75. The molecule has 0 saturated carbocycles. The van der Waals surface area contributed by atoms with Gasteiger partial charge in [-0.05, 0) is 25.8 Å². The van der Waals surface area contributed by atoms with Gasteiger partial charge in [0.05, 0.1) is 12.0 Å². The molecule has 0 radical (unpaired) electrons. The van der Waals surface area contributed by atoms with E-state index in [1.807, 2.05) is 4.90 Å². The van der Waals surface area contributed by atoms with Gasteiger partial charge < -0.3 is 15.0 Å². The first kappa shape index (κ1) is 14.8. The Balaban J connectivity index is 1.48. The predicted molar refractivity (Wildman–Crippen MR) is 77.7 cm³/mol. The van der Waals surface area contributed by atoms with Gasteiger partial charge in [0.15, 0.2) is 0 Å². The maximum Gasteiger partial charge on any atom is 0.228 e. The van der Waals surface area contributed by atoms with E-state index in [-0.39, 0.29) is 17.7 Å². The molecule has 3 saturated heterocycles. The van der Waals surface area contributed by atoms with Crippen molar-refractivity contribution in [1.29, 1.82) is 0 Å². The van der Waals surface area contributed by atoms with E-state index in [0.717, 1.165) is 52.2 Å². The van der Waals surface area contributed by atoms with Gasteiger partial charge in [-0.3, -0.25) is 14.5 Å². The van der Waals surface area contributed by atoms with Crippen molar-refractivity contribution in [2.24, 2.45) is 5.92 Å². The third kappa shape index (κ3) is 3.74. The van der Waals surface area contributed by atoms with Crippen molar-refractivity contribution in [3.63, 3.8) is 0 Å². The Labute approximate surface area is 125 Å². The number of nitrogens with one attached hydrogen (secondary N) is 1. The molecule has 0 bridgehead atoms. The summed E-state index contributed by atoms with van der Waals surface area (Å²) in [5.74, 6) is -0.00212. The molecule has 1 N–H and O–H groups in total. The Morgan fingerprint density at radius 2 is 2.14 bits per heavy atom. The Kier molecular flexibility index (Phi) is 4.75. The van der Waals surface area contributed by atoms with Crippen LogP contribution in [-0.2, 0) is 14.3 Å². The monoisotopic (exact) mass is 295 g/mol. The minimum Gasteiger partial charge on any atom is -0.377 e. The third-order valence-corrected chi connectivity index (χ3v) is 4.71. The molecule has 2 atom stereocenters. The van der Waals surface area contributed by atoms with Crippen molar-refractivity contribution in [3.8, 4) is 0 Å². The lowest BCUT2D eigenvalue weighted by molar-refractivity contribution is -0.135. The molecule has 2 amide bonds. The van der Waals surface area contributed by atoms with Crippen molar-refractivity contribution in [1.82, 2.24) is 15.1 Å². The van der Waals surface area contributed by atoms with Crippen LogP contribution in [0.15, 0.2) is 0 Å². The Morgan fingerprint density at radius 3 is 2.86 bits per heavy atom. The van der Waals surface area contributed by atoms with Crippen molar-refractivity contribution in [2.45, 2.75) is 31.8 Å². The summed E-state index contributed by atoms with van der Waals surface area (Å²) in [6.45, 7) is 5.93. The van der Waals surface area contributed by atoms with Crippen LogP contribution in [0.2, 0.25) is 0 Å². The first-order chi connectivity index (χ1) is 10.2. The molecule has 0 spiro atoms. The van der Waals surface area contributed by atoms with Gasteiger partial charge in [-0.1, -0.05) is 0 Å². The van der Waals surface area contributed by atoms with Crippen molar-refractivity contribution >= 4 is 11.8 Å². The minimum absolute atomic E-state index is 0.00295. The van der Waals surface area contributed by atoms with Crippen LogP contribution in [-0.4, -0.2) is 73.6 Å². The van der Waals surface area contributed by atoms with Crippen LogP contribution in [0.5, 0.6) is 0 Å². The van der Waals surface area contributed by atoms with E-state index in [4.69, 9.17) is 4.74 Å². The van der Waals surface area contributed by atoms with E-state index in [2.05, 4.69) is 10.2 Å². The fourth-order valence-corrected chi connectivity index (χ4v) is 3.49. The van der Waals surface area contributed by atoms with Gasteiger partial charge in [-0.2, -0.15) is 0 Å². The molecule has 0 aliphatic carbocycles. The summed E-state index contributed by atoms with van der Waals surface area (Å²) in [7, 11) is 0. The second kappa shape index (κ2) is 6.75. The number of carbonyl (C=O) groups excluding carboxylic acids is 2. The van der Waals surface area contributed by atoms with Crippen LogP contribution in [0.1, 0.15) is 25.7 Å². The van der Waals surface area contributed by atoms with E-state index in [1.54, 1.807) is 0 Å². The normalized spacial score (nSPS) is 31.2. The minimum atomic E-state index is -0.151. The van der Waals surface area contributed by atoms with E-state index >= 15 is 0 Å². The van der Waals surface area contributed by atoms with E-state index in [9.17, 15) is 9.59 Å². The lowest BCUT2D eigenvalue weighted by Gasteiger charge is -2.25. The van der Waals surface area contributed by atoms with Gasteiger partial charge in [0.25, 0.3) is 0 Å². The molecule has 0 aromatic carbocycles. The maximum absolute atomic E-state index is 12.4. The molecule has 3 fully saturated rings. The van der Waals surface area contributed by atoms with E-state index in [0.29, 0.717) is 19.1 Å². The molecule has 3 rings (SSSR count). The number of rotatable bonds is 3. The highest BCUT2D eigenvalue weighted by atomic mass is 16.5. The van der Waals surface area contributed by atoms with Gasteiger partial charge in [-0.25, -0.2) is 0 Å². The number of ether oxygens (including phenoxy) is 1. The highest BCUT2D eigenvalue weighted by Crippen LogP contribution is 2.17. The van der Waals surface area contributed by atoms with Crippen LogP contribution in [0, 0.1) is 5.92 Å². The maximum atomic E-state index is 12.4. The van der Waals surface area contributed by atoms with Crippen LogP contribution >= 0.6 is 0 Å². The lowest BCUT2D eigenvalue weighted by atomic mass is 10.1. The molecule has 2 unspecified atom stereocenters. The zero-order chi connectivity index (χ0) is 14.7. The third-order valence-electron chi connectivity index (χ3n) is 4.71. The lowest BCUT2D eigenvalue weighted by Crippen LogP contribution is -2.40. The van der Waals surface area contributed by atoms with Crippen molar-refractivity contribution in [2.75, 3.05) is 45.9 Å². The van der Waals surface area contributed by atoms with Crippen LogP contribution in [0.4, 0.5) is 0 Å². The molecule has 3 aliphatic heterocycles. The van der Waals surface area contributed by atoms with E-state index in [1.165, 1.54) is 6.42 Å². The molecule has 6 heteroatoms. The number of carbonyl (C=O) groups is 2. The molecule has 6 nitrogen and oxygen atoms in total. The average molecular weight is 295 g/mol. The highest BCUT2D eigenvalue weighted by molar-refractivity contribution is 5.89. The number of nitrogens with zero attached hydrogens (tertiary/aromatic N) is 2. The van der Waals surface area contributed by atoms with Gasteiger partial charge in [0.1, 0.15) is 0 Å². The second-order valence-corrected chi connectivity index (χ2v) is 6.32. The molecule has 21 heavy (non-hydrogen) atoms. The molecule has 3 heterocycles. The van der Waals surface area contributed by atoms with Crippen LogP contribution in [0.3, 0.4) is 0 Å². The first-order valence-electron chi connectivity index (χ1n) is 8.12. The highest BCUT2D eigenvalue weighted by Gasteiger charge is 2.32. The van der Waals surface area contributed by atoms with Crippen LogP contribution < -0.4 is 5.32 Å². The Morgan fingerprint density at radius 1 is 1.24 bits per heavy atom. The van der Waals surface area contributed by atoms with Crippen LogP contribution in [0.25, 0.3) is 0 Å². The number of amides is 2. The predicted octanol–water partition coefficient (Wildman–Crippen LogP) is -0.164. The molecular formula is C15H25N3O3. The van der Waals surface area contributed by atoms with Gasteiger partial charge in [0, 0.05) is 45.8 Å². The SMILES string of the molecule is O=C1CC(C(=O)N2CCCN(CC3CCCO3)CC2)CN1. The topological polar surface area (TPSA) is 61.9 Å². The Hall–Kier alpha value is -1.14. The summed E-state index contributed by atoms with van der Waals surface area (Å²) < 4.78 is 5.70. The summed E-state index contributed by atoms with van der Waals surface area (Å²) in [6.07, 6.45) is 4.08. The summed E-state index contributed by atoms with van der Waals surface area (Å²) >= 11 is 0. The first-order valence-corrected chi connectivity index (χ1v) is 8.12. The van der Waals surface area contributed by atoms with E-state index < -0.39 is 0 Å². The molecule has 0 aromatic rings. The summed E-state index contributed by atoms with van der Waals surface area (Å²) in [4.78, 5) is 28.1. The molecular weight excluding hydrogens is 270 g/mol. The fraction of sp³-hybridized carbons (Fsp3) is 0.867. The van der Waals surface area contributed by atoms with Crippen molar-refractivity contribution in [3.05, 3.63) is 0 Å². The van der Waals surface area contributed by atoms with Gasteiger partial charge in [0.2, 0.25) is 11.8 Å². The second-order valence-electron chi connectivity index (χ2n) is 6.32. The summed E-state index contributed by atoms with van der Waals surface area (Å²) in [5.41, 5.74) is 0. The van der Waals surface area contributed by atoms with Gasteiger partial charge in [-0.15, -0.1) is 0 Å².